The molecule has 2 amide bonds. The van der Waals surface area contributed by atoms with E-state index in [0.717, 1.165) is 0 Å². The third kappa shape index (κ3) is 4.24. The molecule has 2 rings (SSSR count). The molecule has 0 spiro atoms. The zero-order valence-electron chi connectivity index (χ0n) is 12.9. The lowest BCUT2D eigenvalue weighted by atomic mass is 10.1. The molecule has 0 aliphatic carbocycles. The van der Waals surface area contributed by atoms with Gasteiger partial charge in [-0.05, 0) is 36.4 Å². The Bertz CT molecular complexity index is 794. The summed E-state index contributed by atoms with van der Waals surface area (Å²) < 4.78 is 10.6. The minimum atomic E-state index is -0.676. The number of methoxy groups -OCH3 is 1. The highest BCUT2D eigenvalue weighted by molar-refractivity contribution is 5.98. The maximum Gasteiger partial charge on any atom is 0.316 e. The highest BCUT2D eigenvalue weighted by Gasteiger charge is 2.11. The van der Waals surface area contributed by atoms with Crippen molar-refractivity contribution in [1.82, 2.24) is 0 Å². The maximum absolute atomic E-state index is 12.1. The zero-order valence-corrected chi connectivity index (χ0v) is 12.9. The molecule has 0 atom stereocenters. The molecular formula is C17H15N3O4. The van der Waals surface area contributed by atoms with Crippen molar-refractivity contribution >= 4 is 17.5 Å². The minimum absolute atomic E-state index is 0.190. The lowest BCUT2D eigenvalue weighted by molar-refractivity contribution is 0.0919. The fraction of sp³-hybridized carbons (Fsp3) is 0.118. The van der Waals surface area contributed by atoms with Crippen molar-refractivity contribution in [3.8, 4) is 17.6 Å². The Morgan fingerprint density at radius 2 is 1.88 bits per heavy atom. The number of ketones is 1. The summed E-state index contributed by atoms with van der Waals surface area (Å²) in [5.74, 6) is 0.506. The van der Waals surface area contributed by atoms with Crippen LogP contribution in [0.2, 0.25) is 0 Å². The minimum Gasteiger partial charge on any atom is -0.493 e. The Morgan fingerprint density at radius 3 is 2.46 bits per heavy atom. The van der Waals surface area contributed by atoms with Crippen LogP contribution in [0.1, 0.15) is 15.9 Å². The van der Waals surface area contributed by atoms with E-state index < -0.39 is 6.03 Å². The van der Waals surface area contributed by atoms with E-state index in [1.807, 2.05) is 6.07 Å². The molecule has 0 unspecified atom stereocenters. The van der Waals surface area contributed by atoms with Crippen LogP contribution < -0.4 is 20.5 Å². The molecule has 0 fully saturated rings. The van der Waals surface area contributed by atoms with E-state index in [-0.39, 0.29) is 12.4 Å². The molecule has 0 aliphatic rings. The van der Waals surface area contributed by atoms with E-state index in [2.05, 4.69) is 5.32 Å². The molecule has 2 aromatic carbocycles. The zero-order chi connectivity index (χ0) is 17.5. The van der Waals surface area contributed by atoms with Gasteiger partial charge >= 0.3 is 6.03 Å². The number of urea groups is 1. The number of Topliss-reactive ketones (excluding diaryl/α,β-unsaturated/α-hetero) is 1. The Labute approximate surface area is 138 Å². The Kier molecular flexibility index (Phi) is 5.36. The predicted octanol–water partition coefficient (Wildman–Crippen LogP) is 2.32. The normalized spacial score (nSPS) is 9.67. The third-order valence-electron chi connectivity index (χ3n) is 3.13. The van der Waals surface area contributed by atoms with E-state index in [9.17, 15) is 9.59 Å². The molecule has 24 heavy (non-hydrogen) atoms. The first-order valence-corrected chi connectivity index (χ1v) is 6.94. The maximum atomic E-state index is 12.1. The van der Waals surface area contributed by atoms with Crippen LogP contribution in [0, 0.1) is 11.3 Å². The standard InChI is InChI=1S/C17H15N3O4/c1-23-16-8-11(9-18)2-7-15(16)24-10-14(21)12-3-5-13(6-4-12)20-17(19)22/h2-8H,10H2,1H3,(H3,19,20,22). The number of ether oxygens (including phenoxy) is 2. The second kappa shape index (κ2) is 7.65. The number of carbonyl (C=O) groups is 2. The lowest BCUT2D eigenvalue weighted by Gasteiger charge is -2.10. The molecule has 0 saturated carbocycles. The first kappa shape index (κ1) is 16.8. The van der Waals surface area contributed by atoms with Crippen molar-refractivity contribution in [3.63, 3.8) is 0 Å². The van der Waals surface area contributed by atoms with Crippen molar-refractivity contribution in [2.24, 2.45) is 5.73 Å². The topological polar surface area (TPSA) is 114 Å². The smallest absolute Gasteiger partial charge is 0.316 e. The Balaban J connectivity index is 2.03. The molecular weight excluding hydrogens is 310 g/mol. The van der Waals surface area contributed by atoms with Gasteiger partial charge in [-0.25, -0.2) is 4.79 Å². The third-order valence-corrected chi connectivity index (χ3v) is 3.13. The number of nitrogens with zero attached hydrogens (tertiary/aromatic N) is 1. The molecule has 7 nitrogen and oxygen atoms in total. The molecule has 0 saturated heterocycles. The molecule has 0 bridgehead atoms. The van der Waals surface area contributed by atoms with Crippen LogP contribution in [0.5, 0.6) is 11.5 Å². The van der Waals surface area contributed by atoms with Crippen molar-refractivity contribution in [1.29, 1.82) is 5.26 Å². The Hall–Kier alpha value is -3.53. The average molecular weight is 325 g/mol. The van der Waals surface area contributed by atoms with Crippen LogP contribution in [0.15, 0.2) is 42.5 Å². The van der Waals surface area contributed by atoms with Gasteiger partial charge in [0.15, 0.2) is 23.9 Å². The number of hydrogen-bond acceptors (Lipinski definition) is 5. The van der Waals surface area contributed by atoms with Gasteiger partial charge in [0.1, 0.15) is 0 Å². The second-order valence-corrected chi connectivity index (χ2v) is 4.76. The van der Waals surface area contributed by atoms with Gasteiger partial charge in [0.2, 0.25) is 0 Å². The summed E-state index contributed by atoms with van der Waals surface area (Å²) in [6.45, 7) is -0.190. The largest absolute Gasteiger partial charge is 0.493 e. The summed E-state index contributed by atoms with van der Waals surface area (Å²) in [5.41, 5.74) is 6.37. The van der Waals surface area contributed by atoms with Gasteiger partial charge in [0.05, 0.1) is 18.7 Å². The van der Waals surface area contributed by atoms with Gasteiger partial charge in [-0.15, -0.1) is 0 Å². The molecule has 0 aliphatic heterocycles. The SMILES string of the molecule is COc1cc(C#N)ccc1OCC(=O)c1ccc(NC(N)=O)cc1. The van der Waals surface area contributed by atoms with Crippen LogP contribution in [-0.2, 0) is 0 Å². The molecule has 0 heterocycles. The molecule has 2 aromatic rings. The molecule has 7 heteroatoms. The van der Waals surface area contributed by atoms with Crippen LogP contribution in [0.4, 0.5) is 10.5 Å². The summed E-state index contributed by atoms with van der Waals surface area (Å²) >= 11 is 0. The highest BCUT2D eigenvalue weighted by atomic mass is 16.5. The van der Waals surface area contributed by atoms with Crippen molar-refractivity contribution in [3.05, 3.63) is 53.6 Å². The number of nitriles is 1. The summed E-state index contributed by atoms with van der Waals surface area (Å²) in [5, 5.41) is 11.3. The van der Waals surface area contributed by atoms with Crippen LogP contribution in [0.25, 0.3) is 0 Å². The van der Waals surface area contributed by atoms with E-state index in [0.29, 0.717) is 28.3 Å². The highest BCUT2D eigenvalue weighted by Crippen LogP contribution is 2.28. The monoisotopic (exact) mass is 325 g/mol. The van der Waals surface area contributed by atoms with Gasteiger partial charge in [-0.1, -0.05) is 0 Å². The molecule has 0 radical (unpaired) electrons. The van der Waals surface area contributed by atoms with Crippen molar-refractivity contribution < 1.29 is 19.1 Å². The molecule has 0 aromatic heterocycles. The second-order valence-electron chi connectivity index (χ2n) is 4.76. The number of rotatable bonds is 6. The number of amides is 2. The number of benzene rings is 2. The van der Waals surface area contributed by atoms with Gasteiger partial charge in [-0.2, -0.15) is 5.26 Å². The van der Waals surface area contributed by atoms with E-state index in [1.165, 1.54) is 13.2 Å². The quantitative estimate of drug-likeness (QED) is 0.791. The van der Waals surface area contributed by atoms with Gasteiger partial charge in [0, 0.05) is 17.3 Å². The van der Waals surface area contributed by atoms with E-state index >= 15 is 0 Å². The molecule has 3 N–H and O–H groups in total. The first-order chi connectivity index (χ1) is 11.5. The fourth-order valence-corrected chi connectivity index (χ4v) is 1.96. The van der Waals surface area contributed by atoms with Crippen LogP contribution >= 0.6 is 0 Å². The van der Waals surface area contributed by atoms with Gasteiger partial charge in [-0.3, -0.25) is 4.79 Å². The van der Waals surface area contributed by atoms with Gasteiger partial charge in [0.25, 0.3) is 0 Å². The summed E-state index contributed by atoms with van der Waals surface area (Å²) in [6, 6.07) is 12.3. The number of carbonyl (C=O) groups excluding carboxylic acids is 2. The number of primary amides is 1. The summed E-state index contributed by atoms with van der Waals surface area (Å²) in [4.78, 5) is 22.9. The van der Waals surface area contributed by atoms with Crippen molar-refractivity contribution in [2.75, 3.05) is 19.0 Å². The number of anilines is 1. The molecule has 122 valence electrons. The first-order valence-electron chi connectivity index (χ1n) is 6.94. The predicted molar refractivity (Wildman–Crippen MR) is 87.2 cm³/mol. The van der Waals surface area contributed by atoms with Gasteiger partial charge < -0.3 is 20.5 Å². The number of hydrogen-bond donors (Lipinski definition) is 2. The Morgan fingerprint density at radius 1 is 1.17 bits per heavy atom. The van der Waals surface area contributed by atoms with Crippen LogP contribution in [0.3, 0.4) is 0 Å². The van der Waals surface area contributed by atoms with E-state index in [4.69, 9.17) is 20.5 Å². The van der Waals surface area contributed by atoms with E-state index in [1.54, 1.807) is 36.4 Å². The fourth-order valence-electron chi connectivity index (χ4n) is 1.96. The number of nitrogens with two attached hydrogens (primary N) is 1. The summed E-state index contributed by atoms with van der Waals surface area (Å²) in [7, 11) is 1.45. The van der Waals surface area contributed by atoms with Crippen molar-refractivity contribution in [2.45, 2.75) is 0 Å². The average Bonchev–Trinajstić information content (AvgIpc) is 2.59. The number of nitrogens with one attached hydrogen (secondary N) is 1. The lowest BCUT2D eigenvalue weighted by Crippen LogP contribution is -2.19. The summed E-state index contributed by atoms with van der Waals surface area (Å²) in [6.07, 6.45) is 0. The van der Waals surface area contributed by atoms with Crippen LogP contribution in [-0.4, -0.2) is 25.5 Å².